The van der Waals surface area contributed by atoms with Crippen LogP contribution in [0.1, 0.15) is 51.7 Å². The Balaban J connectivity index is 2.58. The van der Waals surface area contributed by atoms with Crippen LogP contribution in [0.15, 0.2) is 29.2 Å². The number of sulfonamides is 1. The Morgan fingerprint density at radius 3 is 2.50 bits per heavy atom. The van der Waals surface area contributed by atoms with Gasteiger partial charge in [0, 0.05) is 6.54 Å². The molecule has 0 saturated carbocycles. The smallest absolute Gasteiger partial charge is 0.240 e. The molecule has 0 bridgehead atoms. The zero-order valence-corrected chi connectivity index (χ0v) is 13.3. The molecule has 0 heterocycles. The van der Waals surface area contributed by atoms with Crippen LogP contribution in [0.3, 0.4) is 0 Å². The fourth-order valence-corrected chi connectivity index (χ4v) is 3.04. The molecule has 114 valence electrons. The fourth-order valence-electron chi connectivity index (χ4n) is 1.91. The standard InChI is InChI=1S/C15H25NO3S/c1-12(2)7-4-5-10-16-20(18,19)15-9-6-8-14(11-15)13(3)17/h6,8-9,11-13,16-17H,4-5,7,10H2,1-3H3. The van der Waals surface area contributed by atoms with Gasteiger partial charge in [-0.15, -0.1) is 0 Å². The van der Waals surface area contributed by atoms with E-state index in [1.165, 1.54) is 6.07 Å². The van der Waals surface area contributed by atoms with Gasteiger partial charge >= 0.3 is 0 Å². The van der Waals surface area contributed by atoms with E-state index in [4.69, 9.17) is 0 Å². The second-order valence-corrected chi connectivity index (χ2v) is 7.30. The van der Waals surface area contributed by atoms with Gasteiger partial charge in [-0.05, 0) is 37.0 Å². The van der Waals surface area contributed by atoms with Gasteiger partial charge in [-0.25, -0.2) is 13.1 Å². The molecule has 1 aromatic carbocycles. The van der Waals surface area contributed by atoms with E-state index in [1.54, 1.807) is 25.1 Å². The number of nitrogens with one attached hydrogen (secondary N) is 1. The Kier molecular flexibility index (Phi) is 6.65. The monoisotopic (exact) mass is 299 g/mol. The van der Waals surface area contributed by atoms with Crippen LogP contribution in [-0.4, -0.2) is 20.1 Å². The zero-order valence-electron chi connectivity index (χ0n) is 12.5. The quantitative estimate of drug-likeness (QED) is 0.725. The number of benzene rings is 1. The molecular formula is C15H25NO3S. The summed E-state index contributed by atoms with van der Waals surface area (Å²) in [7, 11) is -3.48. The Bertz CT molecular complexity index is 510. The van der Waals surface area contributed by atoms with Crippen LogP contribution in [0, 0.1) is 5.92 Å². The van der Waals surface area contributed by atoms with E-state index < -0.39 is 16.1 Å². The first-order valence-electron chi connectivity index (χ1n) is 7.10. The maximum atomic E-state index is 12.1. The van der Waals surface area contributed by atoms with Crippen molar-refractivity contribution < 1.29 is 13.5 Å². The molecule has 0 fully saturated rings. The first kappa shape index (κ1) is 17.1. The molecule has 1 atom stereocenters. The lowest BCUT2D eigenvalue weighted by molar-refractivity contribution is 0.199. The second-order valence-electron chi connectivity index (χ2n) is 5.54. The molecule has 2 N–H and O–H groups in total. The normalized spacial score (nSPS) is 13.7. The van der Waals surface area contributed by atoms with Gasteiger partial charge in [-0.3, -0.25) is 0 Å². The minimum Gasteiger partial charge on any atom is -0.389 e. The van der Waals surface area contributed by atoms with Crippen LogP contribution < -0.4 is 4.72 Å². The maximum absolute atomic E-state index is 12.1. The molecule has 0 aromatic heterocycles. The Morgan fingerprint density at radius 2 is 1.90 bits per heavy atom. The average Bonchev–Trinajstić information content (AvgIpc) is 2.38. The number of aliphatic hydroxyl groups excluding tert-OH is 1. The van der Waals surface area contributed by atoms with E-state index in [1.807, 2.05) is 0 Å². The summed E-state index contributed by atoms with van der Waals surface area (Å²) >= 11 is 0. The van der Waals surface area contributed by atoms with Gasteiger partial charge in [0.1, 0.15) is 0 Å². The Labute approximate surface area is 122 Å². The summed E-state index contributed by atoms with van der Waals surface area (Å²) < 4.78 is 26.8. The van der Waals surface area contributed by atoms with E-state index in [9.17, 15) is 13.5 Å². The molecule has 5 heteroatoms. The third-order valence-electron chi connectivity index (χ3n) is 3.15. The largest absolute Gasteiger partial charge is 0.389 e. The molecule has 4 nitrogen and oxygen atoms in total. The maximum Gasteiger partial charge on any atom is 0.240 e. The van der Waals surface area contributed by atoms with E-state index in [-0.39, 0.29) is 4.90 Å². The molecule has 0 amide bonds. The number of rotatable bonds is 8. The van der Waals surface area contributed by atoms with Gasteiger partial charge in [-0.2, -0.15) is 0 Å². The Morgan fingerprint density at radius 1 is 1.20 bits per heavy atom. The third-order valence-corrected chi connectivity index (χ3v) is 4.61. The van der Waals surface area contributed by atoms with Gasteiger partial charge in [0.25, 0.3) is 0 Å². The van der Waals surface area contributed by atoms with Gasteiger partial charge in [-0.1, -0.05) is 38.8 Å². The van der Waals surface area contributed by atoms with Crippen molar-refractivity contribution in [1.82, 2.24) is 4.72 Å². The van der Waals surface area contributed by atoms with Crippen LogP contribution in [0.25, 0.3) is 0 Å². The summed E-state index contributed by atoms with van der Waals surface area (Å²) in [5.41, 5.74) is 0.604. The summed E-state index contributed by atoms with van der Waals surface area (Å²) in [5, 5.41) is 9.50. The number of aliphatic hydroxyl groups is 1. The molecule has 20 heavy (non-hydrogen) atoms. The second kappa shape index (κ2) is 7.76. The van der Waals surface area contributed by atoms with Crippen molar-refractivity contribution in [3.63, 3.8) is 0 Å². The molecule has 0 radical (unpaired) electrons. The summed E-state index contributed by atoms with van der Waals surface area (Å²) in [6, 6.07) is 6.42. The molecule has 0 aliphatic heterocycles. The zero-order chi connectivity index (χ0) is 15.2. The number of hydrogen-bond donors (Lipinski definition) is 2. The molecular weight excluding hydrogens is 274 g/mol. The first-order chi connectivity index (χ1) is 9.33. The van der Waals surface area contributed by atoms with Crippen LogP contribution in [-0.2, 0) is 10.0 Å². The van der Waals surface area contributed by atoms with Gasteiger partial charge in [0.05, 0.1) is 11.0 Å². The van der Waals surface area contributed by atoms with Crippen molar-refractivity contribution in [3.05, 3.63) is 29.8 Å². The molecule has 1 rings (SSSR count). The van der Waals surface area contributed by atoms with Crippen molar-refractivity contribution >= 4 is 10.0 Å². The van der Waals surface area contributed by atoms with Crippen molar-refractivity contribution in [1.29, 1.82) is 0 Å². The number of hydrogen-bond acceptors (Lipinski definition) is 3. The van der Waals surface area contributed by atoms with Crippen LogP contribution in [0.5, 0.6) is 0 Å². The fraction of sp³-hybridized carbons (Fsp3) is 0.600. The third kappa shape index (κ3) is 5.61. The molecule has 0 saturated heterocycles. The van der Waals surface area contributed by atoms with E-state index in [0.29, 0.717) is 18.0 Å². The van der Waals surface area contributed by atoms with Gasteiger partial charge in [0.15, 0.2) is 0 Å². The van der Waals surface area contributed by atoms with Gasteiger partial charge in [0.2, 0.25) is 10.0 Å². The first-order valence-corrected chi connectivity index (χ1v) is 8.59. The highest BCUT2D eigenvalue weighted by Gasteiger charge is 2.14. The molecule has 0 spiro atoms. The highest BCUT2D eigenvalue weighted by atomic mass is 32.2. The lowest BCUT2D eigenvalue weighted by atomic mass is 10.1. The van der Waals surface area contributed by atoms with E-state index >= 15 is 0 Å². The number of unbranched alkanes of at least 4 members (excludes halogenated alkanes) is 1. The Hall–Kier alpha value is -0.910. The predicted molar refractivity (Wildman–Crippen MR) is 81.0 cm³/mol. The highest BCUT2D eigenvalue weighted by Crippen LogP contribution is 2.17. The minimum atomic E-state index is -3.48. The summed E-state index contributed by atoms with van der Waals surface area (Å²) in [4.78, 5) is 0.208. The summed E-state index contributed by atoms with van der Waals surface area (Å²) in [6.45, 7) is 6.39. The average molecular weight is 299 g/mol. The van der Waals surface area contributed by atoms with Crippen molar-refractivity contribution in [3.8, 4) is 0 Å². The summed E-state index contributed by atoms with van der Waals surface area (Å²) in [5.74, 6) is 0.648. The molecule has 0 aliphatic carbocycles. The minimum absolute atomic E-state index is 0.208. The summed E-state index contributed by atoms with van der Waals surface area (Å²) in [6.07, 6.45) is 2.30. The van der Waals surface area contributed by atoms with Gasteiger partial charge < -0.3 is 5.11 Å². The van der Waals surface area contributed by atoms with E-state index in [2.05, 4.69) is 18.6 Å². The lowest BCUT2D eigenvalue weighted by Crippen LogP contribution is -2.25. The molecule has 0 aliphatic rings. The van der Waals surface area contributed by atoms with E-state index in [0.717, 1.165) is 19.3 Å². The van der Waals surface area contributed by atoms with Crippen molar-refractivity contribution in [2.45, 2.75) is 51.0 Å². The van der Waals surface area contributed by atoms with Crippen LogP contribution >= 0.6 is 0 Å². The van der Waals surface area contributed by atoms with Crippen molar-refractivity contribution in [2.75, 3.05) is 6.54 Å². The SMILES string of the molecule is CC(C)CCCCNS(=O)(=O)c1cccc(C(C)O)c1. The molecule has 1 aromatic rings. The topological polar surface area (TPSA) is 66.4 Å². The predicted octanol–water partition coefficient (Wildman–Crippen LogP) is 2.84. The lowest BCUT2D eigenvalue weighted by Gasteiger charge is -2.10. The van der Waals surface area contributed by atoms with Crippen LogP contribution in [0.4, 0.5) is 0 Å². The van der Waals surface area contributed by atoms with Crippen LogP contribution in [0.2, 0.25) is 0 Å². The highest BCUT2D eigenvalue weighted by molar-refractivity contribution is 7.89. The molecule has 1 unspecified atom stereocenters. The van der Waals surface area contributed by atoms with Crippen molar-refractivity contribution in [2.24, 2.45) is 5.92 Å².